The Kier molecular flexibility index (Phi) is 4.19. The van der Waals surface area contributed by atoms with Gasteiger partial charge in [-0.15, -0.1) is 0 Å². The van der Waals surface area contributed by atoms with E-state index in [-0.39, 0.29) is 5.03 Å². The molecule has 0 saturated carbocycles. The molecular formula is C13H16BrN3O2S. The molecule has 2 aromatic rings. The summed E-state index contributed by atoms with van der Waals surface area (Å²) < 4.78 is 28.2. The summed E-state index contributed by atoms with van der Waals surface area (Å²) in [6, 6.07) is 3.74. The highest BCUT2D eigenvalue weighted by Crippen LogP contribution is 2.27. The zero-order valence-electron chi connectivity index (χ0n) is 11.5. The van der Waals surface area contributed by atoms with Crippen LogP contribution in [0.2, 0.25) is 0 Å². The predicted octanol–water partition coefficient (Wildman–Crippen LogP) is 3.15. The van der Waals surface area contributed by atoms with Crippen molar-refractivity contribution in [3.8, 4) is 0 Å². The van der Waals surface area contributed by atoms with Crippen LogP contribution in [0.3, 0.4) is 0 Å². The lowest BCUT2D eigenvalue weighted by Crippen LogP contribution is -2.15. The third kappa shape index (κ3) is 3.04. The molecule has 20 heavy (non-hydrogen) atoms. The minimum absolute atomic E-state index is 0.0797. The van der Waals surface area contributed by atoms with E-state index in [1.54, 1.807) is 0 Å². The van der Waals surface area contributed by atoms with Crippen LogP contribution in [-0.2, 0) is 16.4 Å². The molecule has 0 radical (unpaired) electrons. The van der Waals surface area contributed by atoms with Crippen LogP contribution in [0.4, 0.5) is 5.69 Å². The van der Waals surface area contributed by atoms with E-state index in [2.05, 4.69) is 30.6 Å². The standard InChI is InChI=1S/C13H16BrN3O2S/c1-4-11-15-7-12(16-11)20(18,19)17-13-8(2)5-10(14)6-9(13)3/h5-7,17H,4H2,1-3H3,(H,15,16). The van der Waals surface area contributed by atoms with E-state index in [4.69, 9.17) is 0 Å². The molecule has 0 bridgehead atoms. The number of anilines is 1. The van der Waals surface area contributed by atoms with Crippen LogP contribution in [0.5, 0.6) is 0 Å². The van der Waals surface area contributed by atoms with Gasteiger partial charge in [0, 0.05) is 10.9 Å². The average molecular weight is 358 g/mol. The van der Waals surface area contributed by atoms with Crippen molar-refractivity contribution >= 4 is 31.6 Å². The molecule has 0 saturated heterocycles. The molecule has 108 valence electrons. The Labute approximate surface area is 127 Å². The van der Waals surface area contributed by atoms with E-state index in [1.165, 1.54) is 6.20 Å². The summed E-state index contributed by atoms with van der Waals surface area (Å²) in [6.07, 6.45) is 2.00. The first-order chi connectivity index (χ1) is 9.33. The van der Waals surface area contributed by atoms with Crippen LogP contribution < -0.4 is 4.72 Å². The Morgan fingerprint density at radius 3 is 2.40 bits per heavy atom. The lowest BCUT2D eigenvalue weighted by molar-refractivity contribution is 0.598. The normalized spacial score (nSPS) is 11.6. The van der Waals surface area contributed by atoms with E-state index in [1.807, 2.05) is 32.9 Å². The number of benzene rings is 1. The summed E-state index contributed by atoms with van der Waals surface area (Å²) in [5.74, 6) is 0.648. The van der Waals surface area contributed by atoms with Gasteiger partial charge >= 0.3 is 0 Å². The zero-order chi connectivity index (χ0) is 14.9. The fourth-order valence-corrected chi connectivity index (χ4v) is 3.75. The molecule has 0 spiro atoms. The molecule has 7 heteroatoms. The number of hydrogen-bond donors (Lipinski definition) is 2. The number of rotatable bonds is 4. The number of nitrogens with one attached hydrogen (secondary N) is 2. The second kappa shape index (κ2) is 5.57. The van der Waals surface area contributed by atoms with Crippen molar-refractivity contribution in [2.45, 2.75) is 32.2 Å². The summed E-state index contributed by atoms with van der Waals surface area (Å²) >= 11 is 3.39. The second-order valence-corrected chi connectivity index (χ2v) is 7.13. The summed E-state index contributed by atoms with van der Waals surface area (Å²) in [5, 5.41) is 0.0797. The summed E-state index contributed by atoms with van der Waals surface area (Å²) in [5.41, 5.74) is 2.31. The van der Waals surface area contributed by atoms with Crippen LogP contribution in [0.1, 0.15) is 23.9 Å². The second-order valence-electron chi connectivity index (χ2n) is 4.57. The fourth-order valence-electron chi connectivity index (χ4n) is 1.92. The Morgan fingerprint density at radius 1 is 1.30 bits per heavy atom. The van der Waals surface area contributed by atoms with Crippen molar-refractivity contribution < 1.29 is 8.42 Å². The van der Waals surface area contributed by atoms with Crippen molar-refractivity contribution in [2.24, 2.45) is 0 Å². The summed E-state index contributed by atoms with van der Waals surface area (Å²) in [7, 11) is -3.64. The molecule has 0 aliphatic carbocycles. The van der Waals surface area contributed by atoms with Gasteiger partial charge in [0.15, 0.2) is 5.03 Å². The van der Waals surface area contributed by atoms with Gasteiger partial charge in [-0.1, -0.05) is 22.9 Å². The van der Waals surface area contributed by atoms with Crippen molar-refractivity contribution in [2.75, 3.05) is 4.72 Å². The molecule has 1 aromatic heterocycles. The number of imidazole rings is 1. The van der Waals surface area contributed by atoms with Gasteiger partial charge in [-0.05, 0) is 37.1 Å². The summed E-state index contributed by atoms with van der Waals surface area (Å²) in [6.45, 7) is 5.63. The van der Waals surface area contributed by atoms with Crippen molar-refractivity contribution in [1.82, 2.24) is 9.97 Å². The van der Waals surface area contributed by atoms with E-state index in [0.717, 1.165) is 15.6 Å². The van der Waals surface area contributed by atoms with Crippen LogP contribution in [0, 0.1) is 13.8 Å². The first-order valence-corrected chi connectivity index (χ1v) is 8.44. The van der Waals surface area contributed by atoms with Crippen LogP contribution in [0.15, 0.2) is 27.8 Å². The lowest BCUT2D eigenvalue weighted by Gasteiger charge is -2.12. The van der Waals surface area contributed by atoms with Crippen LogP contribution in [-0.4, -0.2) is 18.4 Å². The Morgan fingerprint density at radius 2 is 1.90 bits per heavy atom. The molecule has 1 heterocycles. The van der Waals surface area contributed by atoms with Gasteiger partial charge in [-0.3, -0.25) is 4.72 Å². The topological polar surface area (TPSA) is 74.8 Å². The third-order valence-electron chi connectivity index (χ3n) is 2.96. The van der Waals surface area contributed by atoms with Crippen LogP contribution in [0.25, 0.3) is 0 Å². The molecule has 1 aromatic carbocycles. The number of aromatic nitrogens is 2. The summed E-state index contributed by atoms with van der Waals surface area (Å²) in [4.78, 5) is 6.82. The first kappa shape index (κ1) is 15.1. The smallest absolute Gasteiger partial charge is 0.279 e. The van der Waals surface area contributed by atoms with E-state index < -0.39 is 10.0 Å². The average Bonchev–Trinajstić information content (AvgIpc) is 2.83. The maximum absolute atomic E-state index is 12.3. The maximum atomic E-state index is 12.3. The number of halogens is 1. The number of nitrogens with zero attached hydrogens (tertiary/aromatic N) is 1. The van der Waals surface area contributed by atoms with Gasteiger partial charge in [0.1, 0.15) is 5.82 Å². The van der Waals surface area contributed by atoms with Gasteiger partial charge < -0.3 is 4.98 Å². The SMILES string of the molecule is CCc1ncc(S(=O)(=O)Nc2c(C)cc(Br)cc2C)[nH]1. The van der Waals surface area contributed by atoms with Gasteiger partial charge in [0.2, 0.25) is 0 Å². The van der Waals surface area contributed by atoms with Gasteiger partial charge in [-0.25, -0.2) is 4.98 Å². The molecule has 2 rings (SSSR count). The lowest BCUT2D eigenvalue weighted by atomic mass is 10.1. The molecule has 0 fully saturated rings. The van der Waals surface area contributed by atoms with E-state index in [0.29, 0.717) is 17.9 Å². The number of aryl methyl sites for hydroxylation is 3. The molecule has 0 aliphatic rings. The quantitative estimate of drug-likeness (QED) is 0.882. The Bertz CT molecular complexity index is 715. The number of H-pyrrole nitrogens is 1. The van der Waals surface area contributed by atoms with Crippen molar-refractivity contribution in [3.05, 3.63) is 39.8 Å². The van der Waals surface area contributed by atoms with Crippen LogP contribution >= 0.6 is 15.9 Å². The van der Waals surface area contributed by atoms with Crippen molar-refractivity contribution in [1.29, 1.82) is 0 Å². The Hall–Kier alpha value is -1.34. The van der Waals surface area contributed by atoms with E-state index in [9.17, 15) is 8.42 Å². The highest BCUT2D eigenvalue weighted by Gasteiger charge is 2.19. The largest absolute Gasteiger partial charge is 0.332 e. The number of aromatic amines is 1. The van der Waals surface area contributed by atoms with Gasteiger partial charge in [0.25, 0.3) is 10.0 Å². The minimum Gasteiger partial charge on any atom is -0.332 e. The molecule has 0 atom stereocenters. The fraction of sp³-hybridized carbons (Fsp3) is 0.308. The predicted molar refractivity (Wildman–Crippen MR) is 82.4 cm³/mol. The molecule has 0 unspecified atom stereocenters. The molecule has 5 nitrogen and oxygen atoms in total. The molecule has 0 aliphatic heterocycles. The van der Waals surface area contributed by atoms with Crippen molar-refractivity contribution in [3.63, 3.8) is 0 Å². The first-order valence-electron chi connectivity index (χ1n) is 6.17. The minimum atomic E-state index is -3.64. The maximum Gasteiger partial charge on any atom is 0.279 e. The Balaban J connectivity index is 2.38. The molecule has 0 amide bonds. The van der Waals surface area contributed by atoms with Gasteiger partial charge in [-0.2, -0.15) is 8.42 Å². The van der Waals surface area contributed by atoms with Gasteiger partial charge in [0.05, 0.1) is 11.9 Å². The molecule has 2 N–H and O–H groups in total. The molecular weight excluding hydrogens is 342 g/mol. The zero-order valence-corrected chi connectivity index (χ0v) is 13.9. The third-order valence-corrected chi connectivity index (χ3v) is 4.68. The number of hydrogen-bond acceptors (Lipinski definition) is 3. The monoisotopic (exact) mass is 357 g/mol. The van der Waals surface area contributed by atoms with E-state index >= 15 is 0 Å². The highest BCUT2D eigenvalue weighted by molar-refractivity contribution is 9.10. The highest BCUT2D eigenvalue weighted by atomic mass is 79.9. The number of sulfonamides is 1.